The van der Waals surface area contributed by atoms with E-state index in [1.54, 1.807) is 19.4 Å². The van der Waals surface area contributed by atoms with Crippen molar-refractivity contribution in [2.45, 2.75) is 19.5 Å². The van der Waals surface area contributed by atoms with Crippen molar-refractivity contribution in [3.8, 4) is 0 Å². The molecule has 0 aliphatic carbocycles. The Bertz CT molecular complexity index is 872. The number of aryl methyl sites for hydroxylation is 1. The van der Waals surface area contributed by atoms with Gasteiger partial charge in [-0.3, -0.25) is 19.8 Å². The van der Waals surface area contributed by atoms with E-state index in [1.807, 2.05) is 38.2 Å². The van der Waals surface area contributed by atoms with Gasteiger partial charge in [0.1, 0.15) is 0 Å². The molecule has 0 amide bonds. The molecule has 0 aromatic carbocycles. The molecule has 0 bridgehead atoms. The van der Waals surface area contributed by atoms with E-state index < -0.39 is 0 Å². The average Bonchev–Trinajstić information content (AvgIpc) is 2.94. The van der Waals surface area contributed by atoms with Crippen LogP contribution in [-0.4, -0.2) is 45.2 Å². The van der Waals surface area contributed by atoms with Crippen LogP contribution < -0.4 is 5.56 Å². The molecule has 0 spiro atoms. The predicted molar refractivity (Wildman–Crippen MR) is 90.9 cm³/mol. The Morgan fingerprint density at radius 2 is 2.21 bits per heavy atom. The van der Waals surface area contributed by atoms with Gasteiger partial charge >= 0.3 is 0 Å². The fraction of sp³-hybridized carbons (Fsp3) is 0.353. The third-order valence-electron chi connectivity index (χ3n) is 3.93. The molecular weight excluding hydrogens is 306 g/mol. The van der Waals surface area contributed by atoms with E-state index in [2.05, 4.69) is 20.0 Å². The number of nitrogens with one attached hydrogen (secondary N) is 1. The number of pyridine rings is 1. The Hall–Kier alpha value is -2.51. The van der Waals surface area contributed by atoms with Crippen molar-refractivity contribution in [1.29, 1.82) is 0 Å². The topological polar surface area (TPSA) is 75.5 Å². The summed E-state index contributed by atoms with van der Waals surface area (Å²) in [6.07, 6.45) is 1.77. The monoisotopic (exact) mass is 327 g/mol. The Kier molecular flexibility index (Phi) is 4.73. The van der Waals surface area contributed by atoms with Gasteiger partial charge in [0, 0.05) is 37.7 Å². The number of ether oxygens (including phenoxy) is 1. The summed E-state index contributed by atoms with van der Waals surface area (Å²) in [5, 5.41) is 2.97. The maximum Gasteiger partial charge on any atom is 0.272 e. The van der Waals surface area contributed by atoms with Crippen LogP contribution >= 0.6 is 0 Å². The minimum absolute atomic E-state index is 0.00980. The largest absolute Gasteiger partial charge is 0.383 e. The Labute approximate surface area is 139 Å². The van der Waals surface area contributed by atoms with Crippen molar-refractivity contribution in [3.05, 3.63) is 64.0 Å². The zero-order valence-corrected chi connectivity index (χ0v) is 14.1. The molecule has 0 radical (unpaired) electrons. The third-order valence-corrected chi connectivity index (χ3v) is 3.93. The normalized spacial score (nSPS) is 12.8. The summed E-state index contributed by atoms with van der Waals surface area (Å²) in [5.41, 5.74) is 3.06. The van der Waals surface area contributed by atoms with Gasteiger partial charge in [0.2, 0.25) is 0 Å². The quantitative estimate of drug-likeness (QED) is 0.743. The van der Waals surface area contributed by atoms with Crippen molar-refractivity contribution in [2.75, 3.05) is 20.8 Å². The number of methoxy groups -OCH3 is 1. The summed E-state index contributed by atoms with van der Waals surface area (Å²) in [6.45, 7) is 2.94. The van der Waals surface area contributed by atoms with Crippen LogP contribution in [-0.2, 0) is 11.3 Å². The second-order valence-corrected chi connectivity index (χ2v) is 5.86. The van der Waals surface area contributed by atoms with Gasteiger partial charge in [-0.15, -0.1) is 0 Å². The van der Waals surface area contributed by atoms with E-state index in [4.69, 9.17) is 4.74 Å². The first-order chi connectivity index (χ1) is 11.6. The van der Waals surface area contributed by atoms with Gasteiger partial charge in [-0.05, 0) is 26.1 Å². The molecule has 7 heteroatoms. The first-order valence-corrected chi connectivity index (χ1v) is 7.77. The molecule has 3 rings (SSSR count). The van der Waals surface area contributed by atoms with Gasteiger partial charge < -0.3 is 4.74 Å². The highest BCUT2D eigenvalue weighted by atomic mass is 16.5. The number of aromatic amines is 1. The number of likely N-dealkylation sites (N-methyl/N-ethyl adjacent to an activating group) is 1. The van der Waals surface area contributed by atoms with E-state index in [1.165, 1.54) is 4.52 Å². The lowest BCUT2D eigenvalue weighted by Gasteiger charge is -2.26. The average molecular weight is 327 g/mol. The highest BCUT2D eigenvalue weighted by Crippen LogP contribution is 2.19. The van der Waals surface area contributed by atoms with Gasteiger partial charge in [-0.25, -0.2) is 9.50 Å². The molecule has 0 aliphatic heterocycles. The van der Waals surface area contributed by atoms with Crippen LogP contribution in [0.15, 0.2) is 41.3 Å². The van der Waals surface area contributed by atoms with Crippen LogP contribution in [0.25, 0.3) is 5.65 Å². The second-order valence-electron chi connectivity index (χ2n) is 5.86. The SMILES string of the molecule is COC[C@H](c1ccccn1)N(C)Cc1cc(=O)n2[nH]c(C)cc2n1. The molecule has 1 atom stereocenters. The molecule has 1 N–H and O–H groups in total. The Morgan fingerprint density at radius 3 is 2.92 bits per heavy atom. The minimum Gasteiger partial charge on any atom is -0.383 e. The number of fused-ring (bicyclic) bond motifs is 1. The van der Waals surface area contributed by atoms with E-state index in [-0.39, 0.29) is 11.6 Å². The lowest BCUT2D eigenvalue weighted by molar-refractivity contribution is 0.0993. The first-order valence-electron chi connectivity index (χ1n) is 7.77. The van der Waals surface area contributed by atoms with E-state index >= 15 is 0 Å². The summed E-state index contributed by atoms with van der Waals surface area (Å²) in [4.78, 5) is 23.3. The summed E-state index contributed by atoms with van der Waals surface area (Å²) in [6, 6.07) is 9.22. The first kappa shape index (κ1) is 16.4. The highest BCUT2D eigenvalue weighted by Gasteiger charge is 2.19. The fourth-order valence-corrected chi connectivity index (χ4v) is 2.78. The van der Waals surface area contributed by atoms with Gasteiger partial charge in [0.25, 0.3) is 5.56 Å². The fourth-order valence-electron chi connectivity index (χ4n) is 2.78. The molecule has 0 fully saturated rings. The van der Waals surface area contributed by atoms with Crippen LogP contribution in [0.1, 0.15) is 23.1 Å². The van der Waals surface area contributed by atoms with Crippen LogP contribution in [0, 0.1) is 6.92 Å². The zero-order chi connectivity index (χ0) is 17.1. The van der Waals surface area contributed by atoms with Crippen LogP contribution in [0.2, 0.25) is 0 Å². The molecule has 7 nitrogen and oxygen atoms in total. The maximum absolute atomic E-state index is 12.2. The summed E-state index contributed by atoms with van der Waals surface area (Å²) < 4.78 is 6.79. The number of H-pyrrole nitrogens is 1. The standard InChI is InChI=1S/C17H21N5O2/c1-12-8-16-19-13(9-17(23)22(16)20-12)10-21(2)15(11-24-3)14-6-4-5-7-18-14/h4-9,15,20H,10-11H2,1-3H3/t15-/m1/s1. The molecule has 0 saturated heterocycles. The highest BCUT2D eigenvalue weighted by molar-refractivity contribution is 5.39. The molecule has 0 aliphatic rings. The molecule has 24 heavy (non-hydrogen) atoms. The number of aromatic nitrogens is 4. The van der Waals surface area contributed by atoms with Crippen LogP contribution in [0.5, 0.6) is 0 Å². The number of hydrogen-bond acceptors (Lipinski definition) is 5. The third kappa shape index (κ3) is 3.37. The van der Waals surface area contributed by atoms with Crippen LogP contribution in [0.3, 0.4) is 0 Å². The van der Waals surface area contributed by atoms with E-state index in [9.17, 15) is 4.79 Å². The maximum atomic E-state index is 12.2. The van der Waals surface area contributed by atoms with Crippen molar-refractivity contribution in [2.24, 2.45) is 0 Å². The van der Waals surface area contributed by atoms with Crippen molar-refractivity contribution >= 4 is 5.65 Å². The van der Waals surface area contributed by atoms with Gasteiger partial charge in [0.15, 0.2) is 5.65 Å². The lowest BCUT2D eigenvalue weighted by atomic mass is 10.1. The van der Waals surface area contributed by atoms with Gasteiger partial charge in [0.05, 0.1) is 24.0 Å². The molecule has 3 aromatic rings. The summed E-state index contributed by atoms with van der Waals surface area (Å²) >= 11 is 0. The van der Waals surface area contributed by atoms with Crippen molar-refractivity contribution < 1.29 is 4.74 Å². The molecule has 0 unspecified atom stereocenters. The second kappa shape index (κ2) is 6.94. The molecule has 0 saturated carbocycles. The lowest BCUT2D eigenvalue weighted by Crippen LogP contribution is -2.29. The number of hydrogen-bond donors (Lipinski definition) is 1. The smallest absolute Gasteiger partial charge is 0.272 e. The Morgan fingerprint density at radius 1 is 1.38 bits per heavy atom. The molecule has 3 heterocycles. The van der Waals surface area contributed by atoms with Crippen molar-refractivity contribution in [1.82, 2.24) is 24.5 Å². The van der Waals surface area contributed by atoms with E-state index in [0.29, 0.717) is 18.8 Å². The molecular formula is C17H21N5O2. The van der Waals surface area contributed by atoms with Crippen molar-refractivity contribution in [3.63, 3.8) is 0 Å². The van der Waals surface area contributed by atoms with Gasteiger partial charge in [-0.1, -0.05) is 6.07 Å². The molecule has 3 aromatic heterocycles. The summed E-state index contributed by atoms with van der Waals surface area (Å²) in [7, 11) is 3.65. The zero-order valence-electron chi connectivity index (χ0n) is 14.1. The Balaban J connectivity index is 1.87. The predicted octanol–water partition coefficient (Wildman–Crippen LogP) is 1.55. The van der Waals surface area contributed by atoms with E-state index in [0.717, 1.165) is 17.1 Å². The number of rotatable bonds is 6. The number of nitrogens with zero attached hydrogens (tertiary/aromatic N) is 4. The summed E-state index contributed by atoms with van der Waals surface area (Å²) in [5.74, 6) is 0. The van der Waals surface area contributed by atoms with Crippen LogP contribution in [0.4, 0.5) is 0 Å². The minimum atomic E-state index is -0.113. The molecule has 126 valence electrons. The van der Waals surface area contributed by atoms with Gasteiger partial charge in [-0.2, -0.15) is 0 Å².